The molecular weight excluding hydrogens is 660 g/mol. The number of benzene rings is 3. The van der Waals surface area contributed by atoms with E-state index in [0.717, 1.165) is 68.4 Å². The van der Waals surface area contributed by atoms with Crippen LogP contribution in [0.4, 0.5) is 0 Å². The summed E-state index contributed by atoms with van der Waals surface area (Å²) in [4.78, 5) is 44.7. The lowest BCUT2D eigenvalue weighted by molar-refractivity contribution is -0.167. The summed E-state index contributed by atoms with van der Waals surface area (Å²) in [6.07, 6.45) is 4.83. The number of phenolic OH excluding ortho intramolecular Hbond substituents is 1. The van der Waals surface area contributed by atoms with E-state index in [-0.39, 0.29) is 29.3 Å². The Kier molecular flexibility index (Phi) is 10.6. The maximum absolute atomic E-state index is 14.1. The number of nitrogens with zero attached hydrogens (tertiary/aromatic N) is 1. The largest absolute Gasteiger partial charge is 0.506 e. The number of rotatable bonds is 14. The van der Waals surface area contributed by atoms with Gasteiger partial charge in [0, 0.05) is 30.1 Å². The number of fused-ring (bicyclic) bond motifs is 5. The van der Waals surface area contributed by atoms with Crippen LogP contribution >= 0.6 is 0 Å². The number of aryl methyl sites for hydroxylation is 1. The number of nitrogens with one attached hydrogen (secondary N) is 3. The van der Waals surface area contributed by atoms with Crippen LogP contribution in [0.15, 0.2) is 71.5 Å². The van der Waals surface area contributed by atoms with Crippen LogP contribution in [0, 0.1) is 12.8 Å². The molecule has 3 atom stereocenters. The molecule has 1 unspecified atom stereocenters. The lowest BCUT2D eigenvalue weighted by Gasteiger charge is -2.45. The van der Waals surface area contributed by atoms with Gasteiger partial charge in [-0.05, 0) is 130 Å². The number of pyridine rings is 1. The molecule has 3 aromatic carbocycles. The van der Waals surface area contributed by atoms with Crippen LogP contribution in [0.1, 0.15) is 77.2 Å². The Balaban J connectivity index is 0.901. The first-order chi connectivity index (χ1) is 25.2. The normalized spacial score (nSPS) is 22.5. The van der Waals surface area contributed by atoms with Gasteiger partial charge < -0.3 is 35.3 Å². The Morgan fingerprint density at radius 1 is 1.04 bits per heavy atom. The Labute approximate surface area is 303 Å². The van der Waals surface area contributed by atoms with Gasteiger partial charge >= 0.3 is 5.97 Å². The molecule has 5 N–H and O–H groups in total. The van der Waals surface area contributed by atoms with E-state index in [2.05, 4.69) is 20.5 Å². The van der Waals surface area contributed by atoms with Crippen molar-refractivity contribution >= 4 is 22.8 Å². The van der Waals surface area contributed by atoms with E-state index < -0.39 is 11.6 Å². The van der Waals surface area contributed by atoms with E-state index in [1.54, 1.807) is 30.3 Å². The standard InChI is InChI=1S/C41H48N4O7/c1-26-7-5-10-33-30(26)15-18-41(33,40(50)52-36-25-45-20-16-27(36)17-21-45)44-39(49)28-8-6-9-29(23-28)51-22-4-2-3-19-42-24-35(47)31-11-13-34(46)38-32(31)12-14-37(48)43-38/h5-14,23,27,35-36,42,46-47H,2-4,15-22,24-25H2,1H3,(H,43,48)(H,44,49)/t35-,36-,41?/m0/s1. The van der Waals surface area contributed by atoms with Crippen LogP contribution in [-0.4, -0.2) is 77.4 Å². The number of ether oxygens (including phenoxy) is 2. The summed E-state index contributed by atoms with van der Waals surface area (Å²) in [5, 5.41) is 27.9. The van der Waals surface area contributed by atoms with Gasteiger partial charge in [0.25, 0.3) is 5.91 Å². The van der Waals surface area contributed by atoms with Crippen molar-refractivity contribution in [2.24, 2.45) is 5.92 Å². The molecule has 11 nitrogen and oxygen atoms in total. The second kappa shape index (κ2) is 15.5. The second-order valence-electron chi connectivity index (χ2n) is 14.5. The van der Waals surface area contributed by atoms with Gasteiger partial charge in [0.15, 0.2) is 5.54 Å². The molecule has 3 saturated heterocycles. The molecular formula is C41H48N4O7. The summed E-state index contributed by atoms with van der Waals surface area (Å²) >= 11 is 0. The number of carbonyl (C=O) groups excluding carboxylic acids is 2. The first kappa shape index (κ1) is 35.7. The van der Waals surface area contributed by atoms with E-state index in [0.29, 0.717) is 66.2 Å². The van der Waals surface area contributed by atoms with Gasteiger partial charge in [0.1, 0.15) is 17.6 Å². The quantitative estimate of drug-likeness (QED) is 0.0933. The average molecular weight is 709 g/mol. The first-order valence-corrected chi connectivity index (χ1v) is 18.5. The van der Waals surface area contributed by atoms with Crippen molar-refractivity contribution in [3.8, 4) is 11.5 Å². The third-order valence-corrected chi connectivity index (χ3v) is 11.1. The summed E-state index contributed by atoms with van der Waals surface area (Å²) < 4.78 is 12.3. The summed E-state index contributed by atoms with van der Waals surface area (Å²) in [7, 11) is 0. The average Bonchev–Trinajstić information content (AvgIpc) is 3.54. The fourth-order valence-electron chi connectivity index (χ4n) is 8.17. The van der Waals surface area contributed by atoms with Crippen molar-refractivity contribution in [3.05, 3.63) is 105 Å². The lowest BCUT2D eigenvalue weighted by Crippen LogP contribution is -2.56. The minimum atomic E-state index is -1.25. The van der Waals surface area contributed by atoms with Crippen molar-refractivity contribution in [1.82, 2.24) is 20.5 Å². The minimum absolute atomic E-state index is 0.0378. The van der Waals surface area contributed by atoms with Crippen LogP contribution in [0.25, 0.3) is 10.9 Å². The maximum Gasteiger partial charge on any atom is 0.336 e. The van der Waals surface area contributed by atoms with E-state index >= 15 is 0 Å². The van der Waals surface area contributed by atoms with E-state index in [9.17, 15) is 24.6 Å². The fraction of sp³-hybridized carbons (Fsp3) is 0.439. The molecule has 3 aliphatic heterocycles. The minimum Gasteiger partial charge on any atom is -0.506 e. The molecule has 1 aliphatic carbocycles. The predicted molar refractivity (Wildman–Crippen MR) is 198 cm³/mol. The zero-order valence-corrected chi connectivity index (χ0v) is 29.7. The number of phenols is 1. The fourth-order valence-corrected chi connectivity index (χ4v) is 8.17. The van der Waals surface area contributed by atoms with E-state index in [1.807, 2.05) is 31.2 Å². The number of piperidine rings is 3. The number of aliphatic hydroxyl groups excluding tert-OH is 1. The van der Waals surface area contributed by atoms with Crippen LogP contribution < -0.4 is 20.9 Å². The highest BCUT2D eigenvalue weighted by Gasteiger charge is 2.50. The monoisotopic (exact) mass is 708 g/mol. The number of aromatic amines is 1. The topological polar surface area (TPSA) is 153 Å². The van der Waals surface area contributed by atoms with Crippen molar-refractivity contribution in [2.45, 2.75) is 69.6 Å². The maximum atomic E-state index is 14.1. The van der Waals surface area contributed by atoms with E-state index in [1.165, 1.54) is 12.1 Å². The molecule has 0 radical (unpaired) electrons. The highest BCUT2D eigenvalue weighted by molar-refractivity contribution is 5.99. The molecule has 4 aromatic rings. The third-order valence-electron chi connectivity index (χ3n) is 11.1. The molecule has 52 heavy (non-hydrogen) atoms. The van der Waals surface area contributed by atoms with Crippen molar-refractivity contribution in [2.75, 3.05) is 39.3 Å². The van der Waals surface area contributed by atoms with Crippen LogP contribution in [0.3, 0.4) is 0 Å². The smallest absolute Gasteiger partial charge is 0.336 e. The highest BCUT2D eigenvalue weighted by atomic mass is 16.5. The number of aromatic hydroxyl groups is 1. The number of esters is 1. The van der Waals surface area contributed by atoms with Crippen LogP contribution in [-0.2, 0) is 21.5 Å². The SMILES string of the molecule is Cc1cccc2c1CCC2(NC(=O)c1cccc(OCCCCCNC[C@H](O)c2ccc(O)c3[nH]c(=O)ccc23)c1)C(=O)O[C@H]1CN2CCC1CC2. The molecule has 0 saturated carbocycles. The number of amides is 1. The van der Waals surface area contributed by atoms with Crippen molar-refractivity contribution < 1.29 is 29.3 Å². The number of aliphatic hydroxyl groups is 1. The van der Waals surface area contributed by atoms with Gasteiger partial charge in [-0.3, -0.25) is 14.5 Å². The summed E-state index contributed by atoms with van der Waals surface area (Å²) in [6.45, 7) is 6.41. The van der Waals surface area contributed by atoms with Crippen molar-refractivity contribution in [3.63, 3.8) is 0 Å². The van der Waals surface area contributed by atoms with E-state index in [4.69, 9.17) is 9.47 Å². The Hall–Kier alpha value is -4.71. The predicted octanol–water partition coefficient (Wildman–Crippen LogP) is 4.62. The van der Waals surface area contributed by atoms with Crippen molar-refractivity contribution in [1.29, 1.82) is 0 Å². The molecule has 1 aromatic heterocycles. The summed E-state index contributed by atoms with van der Waals surface area (Å²) in [6, 6.07) is 19.1. The molecule has 274 valence electrons. The molecule has 4 aliphatic rings. The summed E-state index contributed by atoms with van der Waals surface area (Å²) in [5.74, 6) is 0.206. The second-order valence-corrected chi connectivity index (χ2v) is 14.5. The zero-order valence-electron chi connectivity index (χ0n) is 29.7. The summed E-state index contributed by atoms with van der Waals surface area (Å²) in [5.41, 5.74) is 2.83. The Bertz CT molecular complexity index is 1990. The van der Waals surface area contributed by atoms with Gasteiger partial charge in [-0.25, -0.2) is 4.79 Å². The lowest BCUT2D eigenvalue weighted by atomic mass is 9.85. The van der Waals surface area contributed by atoms with Gasteiger partial charge in [0.05, 0.1) is 18.2 Å². The molecule has 4 heterocycles. The molecule has 1 amide bonds. The molecule has 2 bridgehead atoms. The number of H-pyrrole nitrogens is 1. The van der Waals surface area contributed by atoms with Gasteiger partial charge in [-0.1, -0.05) is 30.3 Å². The third kappa shape index (κ3) is 7.44. The van der Waals surface area contributed by atoms with Crippen LogP contribution in [0.5, 0.6) is 11.5 Å². The Morgan fingerprint density at radius 2 is 1.87 bits per heavy atom. The highest BCUT2D eigenvalue weighted by Crippen LogP contribution is 2.41. The molecule has 3 fully saturated rings. The molecule has 11 heteroatoms. The molecule has 8 rings (SSSR count). The Morgan fingerprint density at radius 3 is 2.67 bits per heavy atom. The van der Waals surface area contributed by atoms with Gasteiger partial charge in [-0.15, -0.1) is 0 Å². The van der Waals surface area contributed by atoms with Crippen LogP contribution in [0.2, 0.25) is 0 Å². The number of carbonyl (C=O) groups is 2. The number of unbranched alkanes of at least 4 members (excludes halogenated alkanes) is 2. The first-order valence-electron chi connectivity index (χ1n) is 18.5. The number of hydrogen-bond donors (Lipinski definition) is 5. The van der Waals surface area contributed by atoms with Gasteiger partial charge in [0.2, 0.25) is 5.56 Å². The molecule has 0 spiro atoms. The number of aromatic nitrogens is 1. The zero-order chi connectivity index (χ0) is 36.2. The number of hydrogen-bond acceptors (Lipinski definition) is 9. The van der Waals surface area contributed by atoms with Gasteiger partial charge in [-0.2, -0.15) is 0 Å².